The quantitative estimate of drug-likeness (QED) is 0.454. The highest BCUT2D eigenvalue weighted by molar-refractivity contribution is 6.29. The van der Waals surface area contributed by atoms with Crippen LogP contribution < -0.4 is 5.43 Å². The Balaban J connectivity index is 1.80. The molecule has 3 aromatic rings. The summed E-state index contributed by atoms with van der Waals surface area (Å²) in [6.07, 6.45) is 5.08. The molecule has 6 heteroatoms. The number of anilines is 1. The van der Waals surface area contributed by atoms with Crippen molar-refractivity contribution in [3.05, 3.63) is 71.6 Å². The number of nitrogens with zero attached hydrogens (tertiary/aromatic N) is 4. The van der Waals surface area contributed by atoms with Crippen LogP contribution in [0, 0.1) is 0 Å². The van der Waals surface area contributed by atoms with Crippen LogP contribution >= 0.6 is 11.6 Å². The second-order valence-corrected chi connectivity index (χ2v) is 4.81. The van der Waals surface area contributed by atoms with E-state index in [4.69, 9.17) is 11.6 Å². The number of rotatable bonds is 4. The maximum Gasteiger partial charge on any atom is 0.163 e. The van der Waals surface area contributed by atoms with E-state index in [1.807, 2.05) is 42.5 Å². The molecule has 0 radical (unpaired) electrons. The summed E-state index contributed by atoms with van der Waals surface area (Å²) in [4.78, 5) is 12.6. The Bertz CT molecular complexity index is 775. The predicted molar refractivity (Wildman–Crippen MR) is 87.9 cm³/mol. The first-order valence-electron chi connectivity index (χ1n) is 6.60. The van der Waals surface area contributed by atoms with E-state index in [0.717, 1.165) is 11.1 Å². The molecule has 0 saturated carbocycles. The number of aromatic nitrogens is 3. The van der Waals surface area contributed by atoms with Gasteiger partial charge in [-0.2, -0.15) is 5.10 Å². The number of halogens is 1. The van der Waals surface area contributed by atoms with Crippen molar-refractivity contribution in [2.45, 2.75) is 0 Å². The molecule has 0 aliphatic carbocycles. The van der Waals surface area contributed by atoms with Gasteiger partial charge in [0.1, 0.15) is 5.15 Å². The maximum atomic E-state index is 6.04. The van der Waals surface area contributed by atoms with E-state index in [1.54, 1.807) is 24.7 Å². The van der Waals surface area contributed by atoms with Gasteiger partial charge < -0.3 is 0 Å². The molecule has 1 N–H and O–H groups in total. The standard InChI is InChI=1S/C16H12ClN5/c17-14-9-15(22-19-11-12-5-4-8-18-10-12)21-16(20-14)13-6-2-1-3-7-13/h1-11H,(H,20,21,22). The monoisotopic (exact) mass is 309 g/mol. The smallest absolute Gasteiger partial charge is 0.163 e. The third-order valence-electron chi connectivity index (χ3n) is 2.80. The van der Waals surface area contributed by atoms with Crippen LogP contribution in [-0.4, -0.2) is 21.2 Å². The van der Waals surface area contributed by atoms with E-state index in [2.05, 4.69) is 25.5 Å². The van der Waals surface area contributed by atoms with E-state index < -0.39 is 0 Å². The highest BCUT2D eigenvalue weighted by Gasteiger charge is 2.04. The number of benzene rings is 1. The van der Waals surface area contributed by atoms with E-state index in [-0.39, 0.29) is 0 Å². The molecular formula is C16H12ClN5. The molecule has 108 valence electrons. The molecule has 0 amide bonds. The maximum absolute atomic E-state index is 6.04. The Morgan fingerprint density at radius 1 is 1.05 bits per heavy atom. The zero-order valence-corrected chi connectivity index (χ0v) is 12.3. The zero-order chi connectivity index (χ0) is 15.2. The number of hydrogen-bond donors (Lipinski definition) is 1. The summed E-state index contributed by atoms with van der Waals surface area (Å²) in [5.41, 5.74) is 4.63. The van der Waals surface area contributed by atoms with Crippen molar-refractivity contribution in [1.29, 1.82) is 0 Å². The normalized spacial score (nSPS) is 10.8. The largest absolute Gasteiger partial charge is 0.264 e. The van der Waals surface area contributed by atoms with Crippen molar-refractivity contribution < 1.29 is 0 Å². The van der Waals surface area contributed by atoms with Gasteiger partial charge in [-0.1, -0.05) is 48.0 Å². The molecule has 5 nitrogen and oxygen atoms in total. The van der Waals surface area contributed by atoms with E-state index in [1.165, 1.54) is 0 Å². The van der Waals surface area contributed by atoms with Crippen LogP contribution in [0.5, 0.6) is 0 Å². The van der Waals surface area contributed by atoms with Gasteiger partial charge >= 0.3 is 0 Å². The summed E-state index contributed by atoms with van der Waals surface area (Å²) in [6.45, 7) is 0. The Labute approximate surface area is 132 Å². The molecule has 0 saturated heterocycles. The molecule has 22 heavy (non-hydrogen) atoms. The van der Waals surface area contributed by atoms with Crippen LogP contribution in [0.25, 0.3) is 11.4 Å². The molecule has 0 spiro atoms. The second-order valence-electron chi connectivity index (χ2n) is 4.42. The predicted octanol–water partition coefficient (Wildman–Crippen LogP) is 3.64. The number of hydrazone groups is 1. The van der Waals surface area contributed by atoms with Gasteiger partial charge in [-0.25, -0.2) is 9.97 Å². The summed E-state index contributed by atoms with van der Waals surface area (Å²) in [5, 5.41) is 4.48. The van der Waals surface area contributed by atoms with E-state index in [0.29, 0.717) is 16.8 Å². The molecule has 0 aliphatic heterocycles. The van der Waals surface area contributed by atoms with Gasteiger partial charge in [0.2, 0.25) is 0 Å². The summed E-state index contributed by atoms with van der Waals surface area (Å²) < 4.78 is 0. The fraction of sp³-hybridized carbons (Fsp3) is 0. The molecule has 3 rings (SSSR count). The van der Waals surface area contributed by atoms with E-state index in [9.17, 15) is 0 Å². The van der Waals surface area contributed by atoms with Crippen molar-refractivity contribution >= 4 is 23.6 Å². The third kappa shape index (κ3) is 3.65. The second kappa shape index (κ2) is 6.78. The molecule has 0 aliphatic rings. The molecule has 1 aromatic carbocycles. The molecule has 0 atom stereocenters. The summed E-state index contributed by atoms with van der Waals surface area (Å²) >= 11 is 6.04. The summed E-state index contributed by atoms with van der Waals surface area (Å²) in [6, 6.07) is 15.0. The minimum Gasteiger partial charge on any atom is -0.264 e. The topological polar surface area (TPSA) is 63.1 Å². The van der Waals surface area contributed by atoms with Crippen molar-refractivity contribution in [2.24, 2.45) is 5.10 Å². The Hall–Kier alpha value is -2.79. The molecular weight excluding hydrogens is 298 g/mol. The van der Waals surface area contributed by atoms with Crippen molar-refractivity contribution in [2.75, 3.05) is 5.43 Å². The van der Waals surface area contributed by atoms with Gasteiger partial charge in [-0.3, -0.25) is 10.4 Å². The minimum atomic E-state index is 0.355. The first kappa shape index (κ1) is 14.2. The van der Waals surface area contributed by atoms with Gasteiger partial charge in [0, 0.05) is 29.6 Å². The van der Waals surface area contributed by atoms with Crippen LogP contribution in [0.4, 0.5) is 5.82 Å². The Kier molecular flexibility index (Phi) is 4.36. The highest BCUT2D eigenvalue weighted by atomic mass is 35.5. The zero-order valence-electron chi connectivity index (χ0n) is 11.5. The van der Waals surface area contributed by atoms with Crippen molar-refractivity contribution in [3.8, 4) is 11.4 Å². The van der Waals surface area contributed by atoms with E-state index >= 15 is 0 Å². The summed E-state index contributed by atoms with van der Waals surface area (Å²) in [7, 11) is 0. The number of nitrogens with one attached hydrogen (secondary N) is 1. The lowest BCUT2D eigenvalue weighted by Crippen LogP contribution is -1.97. The van der Waals surface area contributed by atoms with Crippen LogP contribution in [-0.2, 0) is 0 Å². The molecule has 2 heterocycles. The third-order valence-corrected chi connectivity index (χ3v) is 3.00. The van der Waals surface area contributed by atoms with Crippen molar-refractivity contribution in [3.63, 3.8) is 0 Å². The molecule has 0 fully saturated rings. The highest BCUT2D eigenvalue weighted by Crippen LogP contribution is 2.19. The van der Waals surface area contributed by atoms with Crippen LogP contribution in [0.2, 0.25) is 5.15 Å². The van der Waals surface area contributed by atoms with Gasteiger partial charge in [-0.05, 0) is 6.07 Å². The van der Waals surface area contributed by atoms with Gasteiger partial charge in [0.15, 0.2) is 11.6 Å². The van der Waals surface area contributed by atoms with Crippen molar-refractivity contribution in [1.82, 2.24) is 15.0 Å². The van der Waals surface area contributed by atoms with Gasteiger partial charge in [0.05, 0.1) is 6.21 Å². The van der Waals surface area contributed by atoms with Gasteiger partial charge in [0.25, 0.3) is 0 Å². The van der Waals surface area contributed by atoms with Crippen LogP contribution in [0.3, 0.4) is 0 Å². The number of pyridine rings is 1. The first-order valence-corrected chi connectivity index (χ1v) is 6.98. The van der Waals surface area contributed by atoms with Crippen LogP contribution in [0.1, 0.15) is 5.56 Å². The van der Waals surface area contributed by atoms with Crippen LogP contribution in [0.15, 0.2) is 66.0 Å². The fourth-order valence-electron chi connectivity index (χ4n) is 1.82. The average molecular weight is 310 g/mol. The lowest BCUT2D eigenvalue weighted by molar-refractivity contribution is 1.15. The Morgan fingerprint density at radius 3 is 2.68 bits per heavy atom. The lowest BCUT2D eigenvalue weighted by Gasteiger charge is -2.04. The number of hydrogen-bond acceptors (Lipinski definition) is 5. The molecule has 0 bridgehead atoms. The fourth-order valence-corrected chi connectivity index (χ4v) is 2.00. The lowest BCUT2D eigenvalue weighted by atomic mass is 10.2. The SMILES string of the molecule is Clc1cc(NN=Cc2cccnc2)nc(-c2ccccc2)n1. The molecule has 2 aromatic heterocycles. The molecule has 0 unspecified atom stereocenters. The average Bonchev–Trinajstić information content (AvgIpc) is 2.56. The summed E-state index contributed by atoms with van der Waals surface area (Å²) in [5.74, 6) is 1.08. The van der Waals surface area contributed by atoms with Gasteiger partial charge in [-0.15, -0.1) is 0 Å². The Morgan fingerprint density at radius 2 is 1.91 bits per heavy atom. The minimum absolute atomic E-state index is 0.355. The first-order chi connectivity index (χ1) is 10.8.